The van der Waals surface area contributed by atoms with Gasteiger partial charge in [0.1, 0.15) is 5.75 Å². The number of carboxylic acid groups (broad SMARTS) is 1. The summed E-state index contributed by atoms with van der Waals surface area (Å²) in [5, 5.41) is 10.6. The molecule has 6 nitrogen and oxygen atoms in total. The summed E-state index contributed by atoms with van der Waals surface area (Å²) in [7, 11) is 0. The van der Waals surface area contributed by atoms with Gasteiger partial charge in [-0.2, -0.15) is 0 Å². The van der Waals surface area contributed by atoms with E-state index >= 15 is 0 Å². The summed E-state index contributed by atoms with van der Waals surface area (Å²) >= 11 is 0. The summed E-state index contributed by atoms with van der Waals surface area (Å²) in [5.74, 6) is -0.412. The Morgan fingerprint density at radius 3 is 2.32 bits per heavy atom. The van der Waals surface area contributed by atoms with Crippen molar-refractivity contribution in [2.45, 2.75) is 46.4 Å². The molecule has 2 aromatic carbocycles. The number of rotatable bonds is 7. The number of pyridine rings is 1. The SMILES string of the molecule is CC(C)Cn1c(CN)c(-c2ccccc2)c2cc(OC(C)(C)C(=O)O)ccc2c1=O.Cl. The lowest BCUT2D eigenvalue weighted by atomic mass is 9.96. The number of benzene rings is 2. The zero-order valence-corrected chi connectivity index (χ0v) is 19.0. The Balaban J connectivity index is 0.00000341. The molecule has 7 heteroatoms. The quantitative estimate of drug-likeness (QED) is 0.561. The molecule has 0 unspecified atom stereocenters. The largest absolute Gasteiger partial charge is 0.478 e. The molecule has 31 heavy (non-hydrogen) atoms. The van der Waals surface area contributed by atoms with Crippen molar-refractivity contribution < 1.29 is 14.6 Å². The number of carboxylic acids is 1. The van der Waals surface area contributed by atoms with Crippen LogP contribution in [0.3, 0.4) is 0 Å². The highest BCUT2D eigenvalue weighted by Crippen LogP contribution is 2.34. The predicted molar refractivity (Wildman–Crippen MR) is 126 cm³/mol. The fraction of sp³-hybridized carbons (Fsp3) is 0.333. The number of carbonyl (C=O) groups is 1. The van der Waals surface area contributed by atoms with Crippen molar-refractivity contribution in [3.05, 3.63) is 64.6 Å². The van der Waals surface area contributed by atoms with Crippen molar-refractivity contribution in [2.24, 2.45) is 11.7 Å². The maximum Gasteiger partial charge on any atom is 0.347 e. The van der Waals surface area contributed by atoms with E-state index in [1.54, 1.807) is 22.8 Å². The molecule has 0 amide bonds. The lowest BCUT2D eigenvalue weighted by Gasteiger charge is -2.23. The molecule has 0 radical (unpaired) electrons. The molecular weight excluding hydrogens is 416 g/mol. The van der Waals surface area contributed by atoms with E-state index in [1.165, 1.54) is 13.8 Å². The van der Waals surface area contributed by atoms with Crippen LogP contribution in [-0.2, 0) is 17.9 Å². The zero-order valence-electron chi connectivity index (χ0n) is 18.2. The Hall–Kier alpha value is -2.83. The van der Waals surface area contributed by atoms with Gasteiger partial charge >= 0.3 is 5.97 Å². The Labute approximate surface area is 188 Å². The van der Waals surface area contributed by atoms with Crippen molar-refractivity contribution >= 4 is 29.1 Å². The third-order valence-corrected chi connectivity index (χ3v) is 5.04. The van der Waals surface area contributed by atoms with E-state index in [9.17, 15) is 14.7 Å². The van der Waals surface area contributed by atoms with Gasteiger partial charge in [-0.25, -0.2) is 4.79 Å². The molecule has 0 aliphatic heterocycles. The number of fused-ring (bicyclic) bond motifs is 1. The minimum Gasteiger partial charge on any atom is -0.478 e. The highest BCUT2D eigenvalue weighted by molar-refractivity contribution is 5.98. The summed E-state index contributed by atoms with van der Waals surface area (Å²) in [4.78, 5) is 24.8. The smallest absolute Gasteiger partial charge is 0.347 e. The summed E-state index contributed by atoms with van der Waals surface area (Å²) in [6.45, 7) is 7.86. The Morgan fingerprint density at radius 2 is 1.77 bits per heavy atom. The first-order valence-electron chi connectivity index (χ1n) is 10.0. The van der Waals surface area contributed by atoms with Gasteiger partial charge in [0, 0.05) is 35.1 Å². The molecule has 0 spiro atoms. The van der Waals surface area contributed by atoms with Gasteiger partial charge in [0.25, 0.3) is 5.56 Å². The monoisotopic (exact) mass is 444 g/mol. The van der Waals surface area contributed by atoms with Gasteiger partial charge < -0.3 is 20.1 Å². The summed E-state index contributed by atoms with van der Waals surface area (Å²) in [6.07, 6.45) is 0. The fourth-order valence-electron chi connectivity index (χ4n) is 3.57. The number of nitrogens with zero attached hydrogens (tertiary/aromatic N) is 1. The van der Waals surface area contributed by atoms with E-state index in [4.69, 9.17) is 10.5 Å². The van der Waals surface area contributed by atoms with Crippen LogP contribution >= 0.6 is 12.4 Å². The predicted octanol–water partition coefficient (Wildman–Crippen LogP) is 4.45. The van der Waals surface area contributed by atoms with Gasteiger partial charge in [0.2, 0.25) is 0 Å². The Morgan fingerprint density at radius 1 is 1.13 bits per heavy atom. The molecule has 0 aliphatic carbocycles. The van der Waals surface area contributed by atoms with Gasteiger partial charge in [-0.3, -0.25) is 4.79 Å². The average molecular weight is 445 g/mol. The lowest BCUT2D eigenvalue weighted by Crippen LogP contribution is -2.37. The molecule has 0 atom stereocenters. The van der Waals surface area contributed by atoms with Crippen LogP contribution in [0.15, 0.2) is 53.3 Å². The first-order chi connectivity index (χ1) is 14.2. The summed E-state index contributed by atoms with van der Waals surface area (Å²) < 4.78 is 7.49. The molecular formula is C24H29ClN2O4. The van der Waals surface area contributed by atoms with Gasteiger partial charge in [-0.15, -0.1) is 12.4 Å². The molecule has 0 aliphatic rings. The normalized spacial score (nSPS) is 11.4. The standard InChI is InChI=1S/C24H28N2O4.ClH/c1-15(2)14-26-20(13-25)21(16-8-6-5-7-9-16)19-12-17(10-11-18(19)22(26)27)30-24(3,4)23(28)29;/h5-12,15H,13-14,25H2,1-4H3,(H,28,29);1H. The molecule has 166 valence electrons. The number of ether oxygens (including phenoxy) is 1. The van der Waals surface area contributed by atoms with E-state index in [-0.39, 0.29) is 30.4 Å². The first-order valence-corrected chi connectivity index (χ1v) is 10.0. The minimum atomic E-state index is -1.40. The summed E-state index contributed by atoms with van der Waals surface area (Å²) in [5.41, 5.74) is 7.19. The molecule has 0 saturated heterocycles. The highest BCUT2D eigenvalue weighted by atomic mass is 35.5. The topological polar surface area (TPSA) is 94.6 Å². The molecule has 1 aromatic heterocycles. The second-order valence-corrected chi connectivity index (χ2v) is 8.33. The molecule has 0 saturated carbocycles. The molecule has 0 bridgehead atoms. The second-order valence-electron chi connectivity index (χ2n) is 8.33. The minimum absolute atomic E-state index is 0. The van der Waals surface area contributed by atoms with Crippen LogP contribution < -0.4 is 16.0 Å². The van der Waals surface area contributed by atoms with Crippen LogP contribution in [-0.4, -0.2) is 21.2 Å². The summed E-state index contributed by atoms with van der Waals surface area (Å²) in [6, 6.07) is 14.9. The Kier molecular flexibility index (Phi) is 7.52. The van der Waals surface area contributed by atoms with E-state index in [2.05, 4.69) is 13.8 Å². The van der Waals surface area contributed by atoms with Crippen LogP contribution in [0.1, 0.15) is 33.4 Å². The van der Waals surface area contributed by atoms with Crippen molar-refractivity contribution in [3.63, 3.8) is 0 Å². The first kappa shape index (κ1) is 24.4. The van der Waals surface area contributed by atoms with Gasteiger partial charge in [-0.05, 0) is 43.5 Å². The number of nitrogens with two attached hydrogens (primary N) is 1. The Bertz CT molecular complexity index is 1140. The van der Waals surface area contributed by atoms with Crippen LogP contribution in [0.25, 0.3) is 21.9 Å². The maximum absolute atomic E-state index is 13.3. The fourth-order valence-corrected chi connectivity index (χ4v) is 3.57. The maximum atomic E-state index is 13.3. The van der Waals surface area contributed by atoms with Crippen molar-refractivity contribution in [2.75, 3.05) is 0 Å². The molecule has 3 aromatic rings. The lowest BCUT2D eigenvalue weighted by molar-refractivity contribution is -0.152. The molecule has 3 N–H and O–H groups in total. The third kappa shape index (κ3) is 4.92. The molecule has 1 heterocycles. The van der Waals surface area contributed by atoms with E-state index in [1.807, 2.05) is 30.3 Å². The highest BCUT2D eigenvalue weighted by Gasteiger charge is 2.29. The van der Waals surface area contributed by atoms with Crippen LogP contribution in [0.4, 0.5) is 0 Å². The average Bonchev–Trinajstić information content (AvgIpc) is 2.69. The number of aromatic nitrogens is 1. The van der Waals surface area contributed by atoms with E-state index < -0.39 is 11.6 Å². The van der Waals surface area contributed by atoms with Crippen molar-refractivity contribution in [3.8, 4) is 16.9 Å². The van der Waals surface area contributed by atoms with Crippen LogP contribution in [0.2, 0.25) is 0 Å². The van der Waals surface area contributed by atoms with Crippen LogP contribution in [0, 0.1) is 5.92 Å². The van der Waals surface area contributed by atoms with Crippen molar-refractivity contribution in [1.82, 2.24) is 4.57 Å². The number of hydrogen-bond donors (Lipinski definition) is 2. The molecule has 0 fully saturated rings. The zero-order chi connectivity index (χ0) is 22.1. The van der Waals surface area contributed by atoms with Crippen LogP contribution in [0.5, 0.6) is 5.75 Å². The van der Waals surface area contributed by atoms with Gasteiger partial charge in [-0.1, -0.05) is 44.2 Å². The van der Waals surface area contributed by atoms with E-state index in [0.29, 0.717) is 23.1 Å². The van der Waals surface area contributed by atoms with Crippen molar-refractivity contribution in [1.29, 1.82) is 0 Å². The molecule has 3 rings (SSSR count). The number of halogens is 1. The number of aliphatic carboxylic acids is 1. The third-order valence-electron chi connectivity index (χ3n) is 5.04. The number of hydrogen-bond acceptors (Lipinski definition) is 4. The van der Waals surface area contributed by atoms with Gasteiger partial charge in [0.15, 0.2) is 5.60 Å². The van der Waals surface area contributed by atoms with E-state index in [0.717, 1.165) is 16.8 Å². The van der Waals surface area contributed by atoms with Gasteiger partial charge in [0.05, 0.1) is 0 Å². The second kappa shape index (κ2) is 9.54.